The van der Waals surface area contributed by atoms with Gasteiger partial charge in [-0.1, -0.05) is 103 Å². The van der Waals surface area contributed by atoms with Gasteiger partial charge < -0.3 is 0 Å². The van der Waals surface area contributed by atoms with E-state index < -0.39 is 0 Å². The Morgan fingerprint density at radius 3 is 1.26 bits per heavy atom. The molecule has 1 rings (SSSR count). The van der Waals surface area contributed by atoms with Gasteiger partial charge in [0.05, 0.1) is 0 Å². The van der Waals surface area contributed by atoms with Gasteiger partial charge in [0, 0.05) is 0 Å². The molecular weight excluding hydrogens is 228 g/mol. The molecule has 0 saturated carbocycles. The molecule has 0 fully saturated rings. The third kappa shape index (κ3) is 10.5. The first-order valence-corrected chi connectivity index (χ1v) is 6.38. The molecule has 1 radical (unpaired) electrons. The molecule has 0 heterocycles. The van der Waals surface area contributed by atoms with E-state index in [0.29, 0.717) is 0 Å². The molecule has 0 aromatic carbocycles. The van der Waals surface area contributed by atoms with Crippen LogP contribution in [-0.2, 0) is 0 Å². The molecule has 0 nitrogen and oxygen atoms in total. The summed E-state index contributed by atoms with van der Waals surface area (Å²) < 4.78 is 0. The largest absolute Gasteiger partial charge is 0.0801 e. The van der Waals surface area contributed by atoms with Crippen molar-refractivity contribution in [1.82, 2.24) is 0 Å². The summed E-state index contributed by atoms with van der Waals surface area (Å²) in [6, 6.07) is 0. The van der Waals surface area contributed by atoms with Gasteiger partial charge in [0.25, 0.3) is 0 Å². The predicted molar refractivity (Wildman–Crippen MR) is 85.6 cm³/mol. The van der Waals surface area contributed by atoms with Crippen molar-refractivity contribution in [2.24, 2.45) is 0 Å². The minimum atomic E-state index is 0.825. The summed E-state index contributed by atoms with van der Waals surface area (Å²) in [5.41, 5.74) is 0. The Morgan fingerprint density at radius 2 is 0.789 bits per heavy atom. The van der Waals surface area contributed by atoms with Crippen molar-refractivity contribution in [1.29, 1.82) is 0 Å². The minimum Gasteiger partial charge on any atom is -0.0801 e. The zero-order valence-corrected chi connectivity index (χ0v) is 11.0. The van der Waals surface area contributed by atoms with Crippen LogP contribution in [0.2, 0.25) is 0 Å². The van der Waals surface area contributed by atoms with Crippen LogP contribution in [-0.4, -0.2) is 0 Å². The van der Waals surface area contributed by atoms with Gasteiger partial charge in [0.2, 0.25) is 0 Å². The second kappa shape index (κ2) is 12.1. The van der Waals surface area contributed by atoms with E-state index in [1.54, 1.807) is 0 Å². The molecule has 0 saturated heterocycles. The molecule has 0 N–H and O–H groups in total. The van der Waals surface area contributed by atoms with E-state index in [1.807, 2.05) is 97.2 Å². The average molecular weight is 247 g/mol. The molecule has 0 aromatic heterocycles. The second-order valence-electron chi connectivity index (χ2n) is 3.70. The lowest BCUT2D eigenvalue weighted by Gasteiger charge is -1.78. The van der Waals surface area contributed by atoms with Gasteiger partial charge in [0.15, 0.2) is 0 Å². The Kier molecular flexibility index (Phi) is 9.39. The Bertz CT molecular complexity index is 428. The maximum absolute atomic E-state index is 3.17. The van der Waals surface area contributed by atoms with Gasteiger partial charge in [-0.15, -0.1) is 0 Å². The third-order valence-corrected chi connectivity index (χ3v) is 2.14. The topological polar surface area (TPSA) is 0 Å². The smallest absolute Gasteiger partial charge is 0.00915 e. The fourth-order valence-electron chi connectivity index (χ4n) is 1.24. The summed E-state index contributed by atoms with van der Waals surface area (Å²) in [6.07, 6.45) is 38.0. The van der Waals surface area contributed by atoms with Crippen molar-refractivity contribution in [2.75, 3.05) is 0 Å². The molecule has 0 amide bonds. The summed E-state index contributed by atoms with van der Waals surface area (Å²) in [5, 5.41) is 0. The average Bonchev–Trinajstić information content (AvgIpc) is 2.43. The lowest BCUT2D eigenvalue weighted by molar-refractivity contribution is 1.34. The molecule has 0 heteroatoms. The van der Waals surface area contributed by atoms with Crippen LogP contribution in [0.3, 0.4) is 0 Å². The molecule has 0 atom stereocenters. The normalized spacial score (nSPS) is 31.6. The summed E-state index contributed by atoms with van der Waals surface area (Å²) in [5.74, 6) is 0. The second-order valence-corrected chi connectivity index (χ2v) is 3.70. The van der Waals surface area contributed by atoms with Crippen molar-refractivity contribution in [3.05, 3.63) is 109 Å². The maximum Gasteiger partial charge on any atom is -0.00915 e. The highest BCUT2D eigenvalue weighted by Crippen LogP contribution is 1.90. The Morgan fingerprint density at radius 1 is 0.421 bits per heavy atom. The number of hydrogen-bond acceptors (Lipinski definition) is 0. The molecular formula is C19H19. The van der Waals surface area contributed by atoms with Crippen LogP contribution in [0.15, 0.2) is 103 Å². The quantitative estimate of drug-likeness (QED) is 0.552. The Balaban J connectivity index is 2.63. The molecule has 19 heavy (non-hydrogen) atoms. The summed E-state index contributed by atoms with van der Waals surface area (Å²) in [7, 11) is 0. The standard InChI is InChI=1S/C19H19/c1-2-4-6-8-10-12-14-16-18-19-17-15-13-11-9-7-5-3-1/h1-17H,18H2/b3-1-,4-2-,7-5-,8-6-,11-9-,12-10-,15-13-,16-14-,19-17?. The van der Waals surface area contributed by atoms with E-state index in [1.165, 1.54) is 0 Å². The van der Waals surface area contributed by atoms with Crippen LogP contribution in [0, 0.1) is 6.08 Å². The maximum atomic E-state index is 3.17. The van der Waals surface area contributed by atoms with Gasteiger partial charge >= 0.3 is 0 Å². The fraction of sp³-hybridized carbons (Fsp3) is 0.0526. The first kappa shape index (κ1) is 14.7. The van der Waals surface area contributed by atoms with Gasteiger partial charge in [-0.25, -0.2) is 0 Å². The molecule has 0 bridgehead atoms. The molecule has 1 aliphatic carbocycles. The van der Waals surface area contributed by atoms with Crippen LogP contribution in [0.1, 0.15) is 6.42 Å². The zero-order chi connectivity index (χ0) is 13.4. The highest BCUT2D eigenvalue weighted by atomic mass is 13.8. The number of allylic oxidation sites excluding steroid dienone is 18. The monoisotopic (exact) mass is 247 g/mol. The lowest BCUT2D eigenvalue weighted by Crippen LogP contribution is -1.59. The van der Waals surface area contributed by atoms with Gasteiger partial charge in [-0.2, -0.15) is 0 Å². The zero-order valence-electron chi connectivity index (χ0n) is 11.0. The van der Waals surface area contributed by atoms with Crippen LogP contribution in [0.5, 0.6) is 0 Å². The first-order chi connectivity index (χ1) is 9.50. The molecule has 0 aromatic rings. The Labute approximate surface area is 116 Å². The van der Waals surface area contributed by atoms with E-state index in [9.17, 15) is 0 Å². The number of hydrogen-bond donors (Lipinski definition) is 0. The molecule has 0 aliphatic heterocycles. The van der Waals surface area contributed by atoms with Gasteiger partial charge in [-0.05, 0) is 12.5 Å². The highest BCUT2D eigenvalue weighted by Gasteiger charge is 1.70. The van der Waals surface area contributed by atoms with E-state index in [-0.39, 0.29) is 0 Å². The van der Waals surface area contributed by atoms with Crippen LogP contribution in [0.4, 0.5) is 0 Å². The summed E-state index contributed by atoms with van der Waals surface area (Å²) >= 11 is 0. The summed E-state index contributed by atoms with van der Waals surface area (Å²) in [4.78, 5) is 0. The van der Waals surface area contributed by atoms with Gasteiger partial charge in [-0.3, -0.25) is 0 Å². The van der Waals surface area contributed by atoms with Crippen molar-refractivity contribution in [2.45, 2.75) is 6.42 Å². The minimum absolute atomic E-state index is 0.825. The molecule has 0 unspecified atom stereocenters. The van der Waals surface area contributed by atoms with Crippen LogP contribution in [0.25, 0.3) is 0 Å². The van der Waals surface area contributed by atoms with E-state index in [2.05, 4.69) is 12.2 Å². The Hall–Kier alpha value is -2.34. The van der Waals surface area contributed by atoms with Crippen molar-refractivity contribution in [3.8, 4) is 0 Å². The van der Waals surface area contributed by atoms with E-state index in [0.717, 1.165) is 6.42 Å². The van der Waals surface area contributed by atoms with Crippen LogP contribution < -0.4 is 0 Å². The van der Waals surface area contributed by atoms with E-state index in [4.69, 9.17) is 0 Å². The highest BCUT2D eigenvalue weighted by molar-refractivity contribution is 5.22. The summed E-state index contributed by atoms with van der Waals surface area (Å²) in [6.45, 7) is 0. The number of rotatable bonds is 0. The first-order valence-electron chi connectivity index (χ1n) is 6.38. The van der Waals surface area contributed by atoms with Crippen LogP contribution >= 0.6 is 0 Å². The molecule has 1 aliphatic rings. The van der Waals surface area contributed by atoms with Crippen molar-refractivity contribution >= 4 is 0 Å². The van der Waals surface area contributed by atoms with Crippen molar-refractivity contribution in [3.63, 3.8) is 0 Å². The molecule has 95 valence electrons. The SMILES string of the molecule is [C]1=C/C=C\C=C/C=C\C=C/C=C\C=C/C=C\C=C/C\1. The third-order valence-electron chi connectivity index (χ3n) is 2.14. The van der Waals surface area contributed by atoms with E-state index >= 15 is 0 Å². The van der Waals surface area contributed by atoms with Gasteiger partial charge in [0.1, 0.15) is 0 Å². The van der Waals surface area contributed by atoms with Crippen molar-refractivity contribution < 1.29 is 0 Å². The molecule has 0 spiro atoms. The predicted octanol–water partition coefficient (Wildman–Crippen LogP) is 5.20. The fourth-order valence-corrected chi connectivity index (χ4v) is 1.24. The lowest BCUT2D eigenvalue weighted by atomic mass is 10.3.